The van der Waals surface area contributed by atoms with Crippen molar-refractivity contribution in [3.63, 3.8) is 0 Å². The van der Waals surface area contributed by atoms with Crippen molar-refractivity contribution < 1.29 is 18.7 Å². The number of ether oxygens (including phenoxy) is 1. The molecule has 0 bridgehead atoms. The summed E-state index contributed by atoms with van der Waals surface area (Å²) in [6.07, 6.45) is 5.62. The predicted octanol–water partition coefficient (Wildman–Crippen LogP) is 3.26. The number of alkyl halides is 1. The van der Waals surface area contributed by atoms with Crippen molar-refractivity contribution in [2.75, 3.05) is 39.5 Å². The number of benzene rings is 1. The number of halogens is 1. The van der Waals surface area contributed by atoms with Crippen LogP contribution in [0.1, 0.15) is 47.8 Å². The Kier molecular flexibility index (Phi) is 7.13. The summed E-state index contributed by atoms with van der Waals surface area (Å²) in [6.45, 7) is 3.30. The third kappa shape index (κ3) is 4.53. The molecule has 2 amide bonds. The minimum Gasteiger partial charge on any atom is -0.381 e. The van der Waals surface area contributed by atoms with E-state index in [4.69, 9.17) is 4.74 Å². The Bertz CT molecular complexity index is 980. The number of likely N-dealkylation sites (N-methyl/N-ethyl adjacent to an activating group) is 1. The maximum Gasteiger partial charge on any atom is 0.254 e. The summed E-state index contributed by atoms with van der Waals surface area (Å²) in [5.74, 6) is 0.882. The van der Waals surface area contributed by atoms with E-state index in [0.717, 1.165) is 55.7 Å². The van der Waals surface area contributed by atoms with E-state index in [1.807, 2.05) is 25.1 Å². The standard InChI is InChI=1S/C25H34FN3O3/c1-3-29(16-24(30)27-11-10-26)25(31)19-5-7-23-21(15-19)20-14-18(4-6-22(20)28(23)2)17-8-12-32-13-9-17/h5,7,15,17-18H,3-4,6,8-14,16H2,1-2H3,(H,27,30)/t18-/m0/s1. The number of nitrogens with one attached hydrogen (secondary N) is 1. The molecule has 2 heterocycles. The third-order valence-electron chi connectivity index (χ3n) is 7.25. The molecule has 32 heavy (non-hydrogen) atoms. The highest BCUT2D eigenvalue weighted by atomic mass is 19.1. The van der Waals surface area contributed by atoms with Gasteiger partial charge in [-0.05, 0) is 74.6 Å². The number of hydrogen-bond donors (Lipinski definition) is 1. The summed E-state index contributed by atoms with van der Waals surface area (Å²) in [6, 6.07) is 5.89. The topological polar surface area (TPSA) is 63.6 Å². The molecule has 1 N–H and O–H groups in total. The van der Waals surface area contributed by atoms with E-state index in [-0.39, 0.29) is 24.9 Å². The molecular formula is C25H34FN3O3. The zero-order valence-electron chi connectivity index (χ0n) is 19.2. The molecule has 4 rings (SSSR count). The molecule has 2 aliphatic rings. The van der Waals surface area contributed by atoms with Gasteiger partial charge in [-0.1, -0.05) is 0 Å². The van der Waals surface area contributed by atoms with Crippen LogP contribution in [0.5, 0.6) is 0 Å². The molecule has 1 aliphatic heterocycles. The van der Waals surface area contributed by atoms with Gasteiger partial charge in [-0.2, -0.15) is 0 Å². The van der Waals surface area contributed by atoms with E-state index in [0.29, 0.717) is 18.0 Å². The second-order valence-corrected chi connectivity index (χ2v) is 9.03. The van der Waals surface area contributed by atoms with Crippen LogP contribution in [0.3, 0.4) is 0 Å². The molecule has 0 radical (unpaired) electrons. The first kappa shape index (κ1) is 22.8. The van der Waals surface area contributed by atoms with Crippen molar-refractivity contribution >= 4 is 22.7 Å². The molecule has 1 saturated heterocycles. The van der Waals surface area contributed by atoms with Gasteiger partial charge in [-0.25, -0.2) is 4.39 Å². The van der Waals surface area contributed by atoms with Gasteiger partial charge in [0.15, 0.2) is 0 Å². The lowest BCUT2D eigenvalue weighted by molar-refractivity contribution is -0.121. The van der Waals surface area contributed by atoms with E-state index in [1.54, 1.807) is 0 Å². The quantitative estimate of drug-likeness (QED) is 0.715. The Balaban J connectivity index is 1.58. The Morgan fingerprint density at radius 3 is 2.72 bits per heavy atom. The summed E-state index contributed by atoms with van der Waals surface area (Å²) in [5.41, 5.74) is 4.51. The summed E-state index contributed by atoms with van der Waals surface area (Å²) < 4.78 is 20.2. The fourth-order valence-electron chi connectivity index (χ4n) is 5.45. The number of nitrogens with zero attached hydrogens (tertiary/aromatic N) is 2. The van der Waals surface area contributed by atoms with Crippen LogP contribution in [0.25, 0.3) is 10.9 Å². The molecule has 0 saturated carbocycles. The van der Waals surface area contributed by atoms with Gasteiger partial charge in [-0.15, -0.1) is 0 Å². The summed E-state index contributed by atoms with van der Waals surface area (Å²) in [5, 5.41) is 3.65. The number of carbonyl (C=O) groups excluding carboxylic acids is 2. The number of rotatable bonds is 7. The largest absolute Gasteiger partial charge is 0.381 e. The van der Waals surface area contributed by atoms with Gasteiger partial charge in [0.1, 0.15) is 6.67 Å². The number of amides is 2. The number of aromatic nitrogens is 1. The SMILES string of the molecule is CCN(CC(=O)NCCF)C(=O)c1ccc2c(c1)c1c(n2C)CC[C@H](C2CCOCC2)C1. The number of carbonyl (C=O) groups is 2. The number of aryl methyl sites for hydroxylation is 1. The zero-order valence-corrected chi connectivity index (χ0v) is 19.2. The molecule has 0 spiro atoms. The fourth-order valence-corrected chi connectivity index (χ4v) is 5.45. The molecule has 1 aliphatic carbocycles. The Morgan fingerprint density at radius 2 is 2.00 bits per heavy atom. The van der Waals surface area contributed by atoms with Crippen LogP contribution < -0.4 is 5.32 Å². The van der Waals surface area contributed by atoms with Crippen molar-refractivity contribution in [2.24, 2.45) is 18.9 Å². The second-order valence-electron chi connectivity index (χ2n) is 9.03. The normalized spacial score (nSPS) is 19.0. The lowest BCUT2D eigenvalue weighted by atomic mass is 9.75. The Hall–Kier alpha value is -2.41. The highest BCUT2D eigenvalue weighted by Crippen LogP contribution is 2.39. The van der Waals surface area contributed by atoms with Gasteiger partial charge in [0.25, 0.3) is 5.91 Å². The van der Waals surface area contributed by atoms with Gasteiger partial charge in [-0.3, -0.25) is 9.59 Å². The van der Waals surface area contributed by atoms with E-state index in [1.165, 1.54) is 22.6 Å². The van der Waals surface area contributed by atoms with Gasteiger partial charge in [0.05, 0.1) is 6.54 Å². The Labute approximate surface area is 189 Å². The maximum absolute atomic E-state index is 13.2. The third-order valence-corrected chi connectivity index (χ3v) is 7.25. The zero-order chi connectivity index (χ0) is 22.7. The van der Waals surface area contributed by atoms with Gasteiger partial charge >= 0.3 is 0 Å². The molecule has 7 heteroatoms. The monoisotopic (exact) mass is 443 g/mol. The van der Waals surface area contributed by atoms with E-state index >= 15 is 0 Å². The lowest BCUT2D eigenvalue weighted by Crippen LogP contribution is -2.41. The molecule has 6 nitrogen and oxygen atoms in total. The Morgan fingerprint density at radius 1 is 1.22 bits per heavy atom. The average molecular weight is 444 g/mol. The van der Waals surface area contributed by atoms with Crippen LogP contribution >= 0.6 is 0 Å². The van der Waals surface area contributed by atoms with E-state index in [9.17, 15) is 14.0 Å². The predicted molar refractivity (Wildman–Crippen MR) is 123 cm³/mol. The van der Waals surface area contributed by atoms with E-state index < -0.39 is 6.67 Å². The van der Waals surface area contributed by atoms with Crippen molar-refractivity contribution in [1.29, 1.82) is 0 Å². The van der Waals surface area contributed by atoms with Crippen LogP contribution in [0.15, 0.2) is 18.2 Å². The molecule has 1 atom stereocenters. The van der Waals surface area contributed by atoms with Crippen LogP contribution in [0.4, 0.5) is 4.39 Å². The molecule has 1 fully saturated rings. The lowest BCUT2D eigenvalue weighted by Gasteiger charge is -2.33. The summed E-state index contributed by atoms with van der Waals surface area (Å²) in [7, 11) is 2.12. The minimum atomic E-state index is -0.615. The fraction of sp³-hybridized carbons (Fsp3) is 0.600. The first-order valence-electron chi connectivity index (χ1n) is 11.8. The first-order valence-corrected chi connectivity index (χ1v) is 11.8. The van der Waals surface area contributed by atoms with Gasteiger partial charge < -0.3 is 19.5 Å². The second kappa shape index (κ2) is 10.0. The molecule has 2 aromatic rings. The van der Waals surface area contributed by atoms with Crippen LogP contribution in [0.2, 0.25) is 0 Å². The smallest absolute Gasteiger partial charge is 0.254 e. The number of fused-ring (bicyclic) bond motifs is 3. The maximum atomic E-state index is 13.2. The van der Waals surface area contributed by atoms with Crippen molar-refractivity contribution in [2.45, 2.75) is 39.0 Å². The van der Waals surface area contributed by atoms with Crippen molar-refractivity contribution in [3.05, 3.63) is 35.0 Å². The summed E-state index contributed by atoms with van der Waals surface area (Å²) >= 11 is 0. The molecule has 174 valence electrons. The molecule has 0 unspecified atom stereocenters. The minimum absolute atomic E-state index is 0.0268. The van der Waals surface area contributed by atoms with Crippen LogP contribution in [-0.2, 0) is 29.4 Å². The molecule has 1 aromatic heterocycles. The van der Waals surface area contributed by atoms with Gasteiger partial charge in [0, 0.05) is 55.5 Å². The van der Waals surface area contributed by atoms with Crippen molar-refractivity contribution in [1.82, 2.24) is 14.8 Å². The average Bonchev–Trinajstić information content (AvgIpc) is 3.12. The first-order chi connectivity index (χ1) is 15.5. The summed E-state index contributed by atoms with van der Waals surface area (Å²) in [4.78, 5) is 26.7. The van der Waals surface area contributed by atoms with E-state index in [2.05, 4.69) is 16.9 Å². The molecular weight excluding hydrogens is 409 g/mol. The van der Waals surface area contributed by atoms with Gasteiger partial charge in [0.2, 0.25) is 5.91 Å². The highest BCUT2D eigenvalue weighted by Gasteiger charge is 2.31. The highest BCUT2D eigenvalue weighted by molar-refractivity contribution is 6.00. The van der Waals surface area contributed by atoms with Crippen LogP contribution in [-0.4, -0.2) is 60.8 Å². The van der Waals surface area contributed by atoms with Crippen LogP contribution in [0, 0.1) is 11.8 Å². The number of hydrogen-bond acceptors (Lipinski definition) is 3. The van der Waals surface area contributed by atoms with Crippen molar-refractivity contribution in [3.8, 4) is 0 Å². The molecule has 1 aromatic carbocycles.